The van der Waals surface area contributed by atoms with Gasteiger partial charge in [-0.3, -0.25) is 9.59 Å². The Labute approximate surface area is 205 Å². The van der Waals surface area contributed by atoms with Crippen LogP contribution < -0.4 is 20.1 Å². The lowest BCUT2D eigenvalue weighted by Gasteiger charge is -2.10. The van der Waals surface area contributed by atoms with E-state index >= 15 is 0 Å². The summed E-state index contributed by atoms with van der Waals surface area (Å²) in [6.45, 7) is 2.77. The molecule has 0 fully saturated rings. The summed E-state index contributed by atoms with van der Waals surface area (Å²) in [7, 11) is 1.28. The van der Waals surface area contributed by atoms with E-state index < -0.39 is 5.97 Å². The van der Waals surface area contributed by atoms with Crippen LogP contribution in [0.25, 0.3) is 0 Å². The molecule has 0 saturated heterocycles. The minimum absolute atomic E-state index is 0.0528. The number of hydrogen-bond donors (Lipinski definition) is 2. The predicted octanol–water partition coefficient (Wildman–Crippen LogP) is 2.47. The lowest BCUT2D eigenvalue weighted by molar-refractivity contribution is -0.113. The third-order valence-electron chi connectivity index (χ3n) is 5.09. The van der Waals surface area contributed by atoms with Gasteiger partial charge in [0, 0.05) is 12.1 Å². The molecular formula is C23H23N5O6S. The number of methoxy groups -OCH3 is 1. The van der Waals surface area contributed by atoms with E-state index in [0.29, 0.717) is 40.3 Å². The van der Waals surface area contributed by atoms with Crippen LogP contribution in [-0.2, 0) is 22.6 Å². The van der Waals surface area contributed by atoms with Crippen molar-refractivity contribution < 1.29 is 28.6 Å². The summed E-state index contributed by atoms with van der Waals surface area (Å²) in [5.41, 5.74) is 1.08. The molecule has 0 saturated carbocycles. The first-order valence-electron chi connectivity index (χ1n) is 10.7. The first kappa shape index (κ1) is 24.1. The topological polar surface area (TPSA) is 134 Å². The number of carbonyl (C=O) groups excluding carboxylic acids is 3. The number of esters is 1. The third-order valence-corrected chi connectivity index (χ3v) is 6.06. The number of thioether (sulfide) groups is 1. The van der Waals surface area contributed by atoms with Crippen LogP contribution in [-0.4, -0.2) is 52.2 Å². The fourth-order valence-corrected chi connectivity index (χ4v) is 4.19. The number of hydrogen-bond acceptors (Lipinski definition) is 9. The second-order valence-corrected chi connectivity index (χ2v) is 8.21. The van der Waals surface area contributed by atoms with Gasteiger partial charge in [-0.15, -0.1) is 10.2 Å². The van der Waals surface area contributed by atoms with E-state index in [2.05, 4.69) is 20.8 Å². The Bertz CT molecular complexity index is 1260. The van der Waals surface area contributed by atoms with Crippen molar-refractivity contribution in [1.82, 2.24) is 20.1 Å². The maximum Gasteiger partial charge on any atom is 0.339 e. The zero-order valence-corrected chi connectivity index (χ0v) is 19.9. The van der Waals surface area contributed by atoms with Gasteiger partial charge in [0.05, 0.1) is 30.7 Å². The highest BCUT2D eigenvalue weighted by atomic mass is 32.2. The molecular weight excluding hydrogens is 474 g/mol. The summed E-state index contributed by atoms with van der Waals surface area (Å²) in [5.74, 6) is 0.609. The molecule has 35 heavy (non-hydrogen) atoms. The number of benzene rings is 2. The Kier molecular flexibility index (Phi) is 7.51. The minimum Gasteiger partial charge on any atom is -0.465 e. The lowest BCUT2D eigenvalue weighted by Crippen LogP contribution is -2.24. The Hall–Kier alpha value is -4.06. The molecule has 1 aliphatic rings. The van der Waals surface area contributed by atoms with Gasteiger partial charge in [0.1, 0.15) is 0 Å². The second kappa shape index (κ2) is 10.9. The SMILES string of the molecule is CCn1c(CNC(=O)c2ccc3c(c2)OCO3)nnc1SCC(=O)Nc1ccccc1C(=O)OC. The van der Waals surface area contributed by atoms with Crippen molar-refractivity contribution in [3.63, 3.8) is 0 Å². The third kappa shape index (κ3) is 5.54. The molecule has 0 radical (unpaired) electrons. The minimum atomic E-state index is -0.535. The number of fused-ring (bicyclic) bond motifs is 1. The monoisotopic (exact) mass is 497 g/mol. The Balaban J connectivity index is 1.34. The molecule has 182 valence electrons. The molecule has 2 amide bonds. The van der Waals surface area contributed by atoms with Gasteiger partial charge in [-0.1, -0.05) is 23.9 Å². The zero-order valence-electron chi connectivity index (χ0n) is 19.1. The van der Waals surface area contributed by atoms with Crippen LogP contribution in [0.1, 0.15) is 33.5 Å². The predicted molar refractivity (Wildman–Crippen MR) is 127 cm³/mol. The molecule has 0 aliphatic carbocycles. The van der Waals surface area contributed by atoms with Crippen LogP contribution in [0, 0.1) is 0 Å². The molecule has 0 spiro atoms. The molecule has 0 bridgehead atoms. The van der Waals surface area contributed by atoms with Crippen molar-refractivity contribution in [3.8, 4) is 11.5 Å². The summed E-state index contributed by atoms with van der Waals surface area (Å²) in [5, 5.41) is 14.4. The summed E-state index contributed by atoms with van der Waals surface area (Å²) in [6, 6.07) is 11.6. The van der Waals surface area contributed by atoms with E-state index in [0.717, 1.165) is 0 Å². The molecule has 2 heterocycles. The van der Waals surface area contributed by atoms with E-state index in [1.165, 1.54) is 18.9 Å². The normalized spacial score (nSPS) is 11.7. The largest absolute Gasteiger partial charge is 0.465 e. The fraction of sp³-hybridized carbons (Fsp3) is 0.261. The van der Waals surface area contributed by atoms with Gasteiger partial charge >= 0.3 is 5.97 Å². The van der Waals surface area contributed by atoms with Crippen LogP contribution in [0.2, 0.25) is 0 Å². The highest BCUT2D eigenvalue weighted by Gasteiger charge is 2.18. The Morgan fingerprint density at radius 1 is 1.11 bits per heavy atom. The first-order chi connectivity index (χ1) is 17.0. The number of nitrogens with one attached hydrogen (secondary N) is 2. The highest BCUT2D eigenvalue weighted by Crippen LogP contribution is 2.32. The van der Waals surface area contributed by atoms with Crippen LogP contribution in [0.3, 0.4) is 0 Å². The molecule has 0 atom stereocenters. The van der Waals surface area contributed by atoms with Crippen LogP contribution in [0.15, 0.2) is 47.6 Å². The second-order valence-electron chi connectivity index (χ2n) is 7.27. The van der Waals surface area contributed by atoms with Gasteiger partial charge in [-0.05, 0) is 37.3 Å². The Morgan fingerprint density at radius 3 is 2.71 bits per heavy atom. The Morgan fingerprint density at radius 2 is 1.91 bits per heavy atom. The summed E-state index contributed by atoms with van der Waals surface area (Å²) < 4.78 is 17.1. The number of para-hydroxylation sites is 1. The standard InChI is InChI=1S/C23H23N5O6S/c1-3-28-19(11-24-21(30)14-8-9-17-18(10-14)34-13-33-17)26-27-23(28)35-12-20(29)25-16-7-5-4-6-15(16)22(31)32-2/h4-10H,3,11-13H2,1-2H3,(H,24,30)(H,25,29). The number of ether oxygens (including phenoxy) is 3. The smallest absolute Gasteiger partial charge is 0.339 e. The molecule has 4 rings (SSSR count). The molecule has 11 nitrogen and oxygen atoms in total. The van der Waals surface area contributed by atoms with Gasteiger partial charge in [0.15, 0.2) is 22.5 Å². The van der Waals surface area contributed by atoms with Gasteiger partial charge in [0.25, 0.3) is 5.91 Å². The first-order valence-corrected chi connectivity index (χ1v) is 11.7. The van der Waals surface area contributed by atoms with Gasteiger partial charge in [-0.2, -0.15) is 0 Å². The molecule has 3 aromatic rings. The number of aromatic nitrogens is 3. The van der Waals surface area contributed by atoms with Crippen molar-refractivity contribution in [1.29, 1.82) is 0 Å². The number of carbonyl (C=O) groups is 3. The van der Waals surface area contributed by atoms with E-state index in [4.69, 9.17) is 14.2 Å². The molecule has 1 aromatic heterocycles. The van der Waals surface area contributed by atoms with Crippen LogP contribution in [0.5, 0.6) is 11.5 Å². The van der Waals surface area contributed by atoms with E-state index in [1.807, 2.05) is 11.5 Å². The highest BCUT2D eigenvalue weighted by molar-refractivity contribution is 7.99. The lowest BCUT2D eigenvalue weighted by atomic mass is 10.2. The van der Waals surface area contributed by atoms with Gasteiger partial charge < -0.3 is 29.4 Å². The van der Waals surface area contributed by atoms with Crippen LogP contribution >= 0.6 is 11.8 Å². The van der Waals surface area contributed by atoms with Crippen LogP contribution in [0.4, 0.5) is 5.69 Å². The molecule has 1 aliphatic heterocycles. The van der Waals surface area contributed by atoms with Crippen molar-refractivity contribution in [2.24, 2.45) is 0 Å². The number of anilines is 1. The summed E-state index contributed by atoms with van der Waals surface area (Å²) >= 11 is 1.20. The van der Waals surface area contributed by atoms with E-state index in [-0.39, 0.29) is 36.5 Å². The van der Waals surface area contributed by atoms with Crippen molar-refractivity contribution >= 4 is 35.2 Å². The van der Waals surface area contributed by atoms with Crippen molar-refractivity contribution in [2.45, 2.75) is 25.2 Å². The van der Waals surface area contributed by atoms with Crippen molar-refractivity contribution in [2.75, 3.05) is 25.0 Å². The number of amides is 2. The van der Waals surface area contributed by atoms with E-state index in [1.54, 1.807) is 42.5 Å². The summed E-state index contributed by atoms with van der Waals surface area (Å²) in [4.78, 5) is 36.9. The van der Waals surface area contributed by atoms with E-state index in [9.17, 15) is 14.4 Å². The van der Waals surface area contributed by atoms with Crippen molar-refractivity contribution in [3.05, 3.63) is 59.4 Å². The molecule has 12 heteroatoms. The molecule has 2 aromatic carbocycles. The molecule has 2 N–H and O–H groups in total. The summed E-state index contributed by atoms with van der Waals surface area (Å²) in [6.07, 6.45) is 0. The van der Waals surface area contributed by atoms with Gasteiger partial charge in [-0.25, -0.2) is 4.79 Å². The quantitative estimate of drug-likeness (QED) is 0.338. The number of rotatable bonds is 9. The number of nitrogens with zero attached hydrogens (tertiary/aromatic N) is 3. The molecule has 0 unspecified atom stereocenters. The maximum atomic E-state index is 12.6. The maximum absolute atomic E-state index is 12.6. The fourth-order valence-electron chi connectivity index (χ4n) is 3.37. The van der Waals surface area contributed by atoms with Gasteiger partial charge in [0.2, 0.25) is 12.7 Å². The zero-order chi connectivity index (χ0) is 24.8. The average Bonchev–Trinajstić information content (AvgIpc) is 3.51. The average molecular weight is 498 g/mol.